The van der Waals surface area contributed by atoms with Crippen molar-refractivity contribution in [3.63, 3.8) is 0 Å². The van der Waals surface area contributed by atoms with E-state index in [1.807, 2.05) is 13.8 Å². The molecule has 1 N–H and O–H groups in total. The molecule has 2 atom stereocenters. The summed E-state index contributed by atoms with van der Waals surface area (Å²) < 4.78 is 27.4. The van der Waals surface area contributed by atoms with Crippen molar-refractivity contribution in [1.82, 2.24) is 9.62 Å². The molecule has 2 rings (SSSR count). The smallest absolute Gasteiger partial charge is 0.243 e. The van der Waals surface area contributed by atoms with Crippen LogP contribution < -0.4 is 5.32 Å². The maximum atomic E-state index is 12.9. The van der Waals surface area contributed by atoms with Gasteiger partial charge in [-0.05, 0) is 31.0 Å². The van der Waals surface area contributed by atoms with Gasteiger partial charge < -0.3 is 5.32 Å². The van der Waals surface area contributed by atoms with Gasteiger partial charge in [0.05, 0.1) is 4.90 Å². The number of sulfonamides is 1. The minimum absolute atomic E-state index is 0.0458. The molecule has 0 bridgehead atoms. The Morgan fingerprint density at radius 2 is 1.81 bits per heavy atom. The normalized spacial score (nSPS) is 24.2. The van der Waals surface area contributed by atoms with Crippen LogP contribution in [0, 0.1) is 0 Å². The summed E-state index contributed by atoms with van der Waals surface area (Å²) in [6.07, 6.45) is 1.65. The summed E-state index contributed by atoms with van der Waals surface area (Å²) >= 11 is 11.9. The van der Waals surface area contributed by atoms with Crippen molar-refractivity contribution in [2.24, 2.45) is 0 Å². The van der Waals surface area contributed by atoms with Crippen LogP contribution in [-0.2, 0) is 10.0 Å². The van der Waals surface area contributed by atoms with Gasteiger partial charge in [0.15, 0.2) is 0 Å². The van der Waals surface area contributed by atoms with Crippen molar-refractivity contribution in [3.05, 3.63) is 28.2 Å². The summed E-state index contributed by atoms with van der Waals surface area (Å²) in [7, 11) is -3.59. The Kier molecular flexibility index (Phi) is 5.54. The second-order valence-electron chi connectivity index (χ2n) is 5.26. The standard InChI is InChI=1S/C14H20Cl2N2O2S/c1-3-12-9-18(13(4-2)8-17-12)21(19,20)14-6-10(15)5-11(16)7-14/h5-7,12-13,17H,3-4,8-9H2,1-2H3. The first kappa shape index (κ1) is 17.0. The zero-order valence-corrected chi connectivity index (χ0v) is 14.5. The van der Waals surface area contributed by atoms with Crippen LogP contribution in [0.3, 0.4) is 0 Å². The Hall–Kier alpha value is -0.330. The lowest BCUT2D eigenvalue weighted by Crippen LogP contribution is -2.57. The first-order valence-electron chi connectivity index (χ1n) is 7.09. The van der Waals surface area contributed by atoms with Gasteiger partial charge in [0.25, 0.3) is 0 Å². The quantitative estimate of drug-likeness (QED) is 0.907. The van der Waals surface area contributed by atoms with Crippen LogP contribution in [0.1, 0.15) is 26.7 Å². The van der Waals surface area contributed by atoms with Crippen molar-refractivity contribution in [1.29, 1.82) is 0 Å². The topological polar surface area (TPSA) is 49.4 Å². The van der Waals surface area contributed by atoms with E-state index in [4.69, 9.17) is 23.2 Å². The Balaban J connectivity index is 2.39. The summed E-state index contributed by atoms with van der Waals surface area (Å²) in [4.78, 5) is 0.162. The third kappa shape index (κ3) is 3.71. The van der Waals surface area contributed by atoms with Crippen LogP contribution in [0.15, 0.2) is 23.1 Å². The number of hydrogen-bond donors (Lipinski definition) is 1. The maximum absolute atomic E-state index is 12.9. The molecule has 1 saturated heterocycles. The second kappa shape index (κ2) is 6.84. The molecule has 2 unspecified atom stereocenters. The third-order valence-electron chi connectivity index (χ3n) is 3.86. The lowest BCUT2D eigenvalue weighted by Gasteiger charge is -2.38. The highest BCUT2D eigenvalue weighted by molar-refractivity contribution is 7.89. The molecule has 1 aromatic carbocycles. The van der Waals surface area contributed by atoms with Crippen molar-refractivity contribution in [2.45, 2.75) is 43.7 Å². The fraction of sp³-hybridized carbons (Fsp3) is 0.571. The van der Waals surface area contributed by atoms with Crippen LogP contribution >= 0.6 is 23.2 Å². The number of benzene rings is 1. The van der Waals surface area contributed by atoms with Crippen molar-refractivity contribution in [3.8, 4) is 0 Å². The molecule has 0 amide bonds. The van der Waals surface area contributed by atoms with Crippen molar-refractivity contribution >= 4 is 33.2 Å². The summed E-state index contributed by atoms with van der Waals surface area (Å²) in [6, 6.07) is 4.58. The van der Waals surface area contributed by atoms with E-state index in [1.54, 1.807) is 4.31 Å². The van der Waals surface area contributed by atoms with Gasteiger partial charge in [0.1, 0.15) is 0 Å². The zero-order chi connectivity index (χ0) is 15.6. The van der Waals surface area contributed by atoms with Gasteiger partial charge in [0, 0.05) is 35.2 Å². The van der Waals surface area contributed by atoms with Crippen LogP contribution in [0.2, 0.25) is 10.0 Å². The highest BCUT2D eigenvalue weighted by Crippen LogP contribution is 2.27. The highest BCUT2D eigenvalue weighted by atomic mass is 35.5. The average molecular weight is 351 g/mol. The van der Waals surface area contributed by atoms with E-state index in [0.717, 1.165) is 12.8 Å². The molecule has 1 aromatic rings. The van der Waals surface area contributed by atoms with Gasteiger partial charge in [-0.2, -0.15) is 4.31 Å². The highest BCUT2D eigenvalue weighted by Gasteiger charge is 2.35. The lowest BCUT2D eigenvalue weighted by atomic mass is 10.1. The van der Waals surface area contributed by atoms with E-state index in [0.29, 0.717) is 23.1 Å². The minimum atomic E-state index is -3.59. The van der Waals surface area contributed by atoms with Gasteiger partial charge >= 0.3 is 0 Å². The van der Waals surface area contributed by atoms with Crippen LogP contribution in [0.5, 0.6) is 0 Å². The molecular weight excluding hydrogens is 331 g/mol. The number of piperazine rings is 1. The van der Waals surface area contributed by atoms with E-state index in [-0.39, 0.29) is 17.0 Å². The van der Waals surface area contributed by atoms with Gasteiger partial charge in [-0.15, -0.1) is 0 Å². The molecular formula is C14H20Cl2N2O2S. The Labute approximate surface area is 136 Å². The number of hydrogen-bond acceptors (Lipinski definition) is 3. The van der Waals surface area contributed by atoms with Crippen molar-refractivity contribution < 1.29 is 8.42 Å². The third-order valence-corrected chi connectivity index (χ3v) is 6.19. The average Bonchev–Trinajstić information content (AvgIpc) is 2.45. The van der Waals surface area contributed by atoms with E-state index in [2.05, 4.69) is 5.32 Å². The van der Waals surface area contributed by atoms with Gasteiger partial charge in [-0.3, -0.25) is 0 Å². The molecule has 21 heavy (non-hydrogen) atoms. The molecule has 1 aliphatic rings. The van der Waals surface area contributed by atoms with Crippen molar-refractivity contribution in [2.75, 3.05) is 13.1 Å². The summed E-state index contributed by atoms with van der Waals surface area (Å²) in [6.45, 7) is 5.18. The number of rotatable bonds is 4. The van der Waals surface area contributed by atoms with E-state index in [1.165, 1.54) is 18.2 Å². The molecule has 1 aliphatic heterocycles. The maximum Gasteiger partial charge on any atom is 0.243 e. The Morgan fingerprint density at radius 3 is 2.33 bits per heavy atom. The first-order valence-corrected chi connectivity index (χ1v) is 9.29. The summed E-state index contributed by atoms with van der Waals surface area (Å²) in [5, 5.41) is 4.05. The minimum Gasteiger partial charge on any atom is -0.311 e. The predicted molar refractivity (Wildman–Crippen MR) is 86.5 cm³/mol. The monoisotopic (exact) mass is 350 g/mol. The van der Waals surface area contributed by atoms with E-state index >= 15 is 0 Å². The Morgan fingerprint density at radius 1 is 1.19 bits per heavy atom. The molecule has 7 heteroatoms. The van der Waals surface area contributed by atoms with E-state index in [9.17, 15) is 8.42 Å². The lowest BCUT2D eigenvalue weighted by molar-refractivity contribution is 0.215. The molecule has 1 fully saturated rings. The molecule has 118 valence electrons. The van der Waals surface area contributed by atoms with Crippen LogP contribution in [0.4, 0.5) is 0 Å². The molecule has 0 aromatic heterocycles. The van der Waals surface area contributed by atoms with Gasteiger partial charge in [0.2, 0.25) is 10.0 Å². The molecule has 0 radical (unpaired) electrons. The fourth-order valence-electron chi connectivity index (χ4n) is 2.56. The second-order valence-corrected chi connectivity index (χ2v) is 8.02. The fourth-order valence-corrected chi connectivity index (χ4v) is 5.03. The van der Waals surface area contributed by atoms with E-state index < -0.39 is 10.0 Å². The molecule has 0 saturated carbocycles. The molecule has 0 aliphatic carbocycles. The van der Waals surface area contributed by atoms with Gasteiger partial charge in [-0.25, -0.2) is 8.42 Å². The van der Waals surface area contributed by atoms with Crippen LogP contribution in [0.25, 0.3) is 0 Å². The number of halogens is 2. The summed E-state index contributed by atoms with van der Waals surface area (Å²) in [5.41, 5.74) is 0. The zero-order valence-electron chi connectivity index (χ0n) is 12.1. The molecule has 0 spiro atoms. The Bertz CT molecular complexity index is 587. The predicted octanol–water partition coefficient (Wildman–Crippen LogP) is 3.14. The van der Waals surface area contributed by atoms with Crippen LogP contribution in [-0.4, -0.2) is 37.9 Å². The first-order chi connectivity index (χ1) is 9.88. The number of nitrogens with one attached hydrogen (secondary N) is 1. The number of nitrogens with zero attached hydrogens (tertiary/aromatic N) is 1. The molecule has 1 heterocycles. The van der Waals surface area contributed by atoms with Gasteiger partial charge in [-0.1, -0.05) is 37.0 Å². The summed E-state index contributed by atoms with van der Waals surface area (Å²) in [5.74, 6) is 0. The SMILES string of the molecule is CCC1CN(S(=O)(=O)c2cc(Cl)cc(Cl)c2)C(CC)CN1. The largest absolute Gasteiger partial charge is 0.311 e. The molecule has 4 nitrogen and oxygen atoms in total.